The Balaban J connectivity index is 1.88. The standard InChI is InChI=1S/C15H16N2O/c16-9-13-6-7-17-10-15(13)18-14-5-4-11-2-1-3-12(11)8-14/h4-8,10H,1-3,9,16H2. The van der Waals surface area contributed by atoms with Crippen molar-refractivity contribution >= 4 is 0 Å². The molecule has 0 unspecified atom stereocenters. The summed E-state index contributed by atoms with van der Waals surface area (Å²) in [6.45, 7) is 0.461. The number of aromatic nitrogens is 1. The highest BCUT2D eigenvalue weighted by Gasteiger charge is 2.12. The topological polar surface area (TPSA) is 48.1 Å². The lowest BCUT2D eigenvalue weighted by Crippen LogP contribution is -2.00. The van der Waals surface area contributed by atoms with Gasteiger partial charge in [0.05, 0.1) is 6.20 Å². The van der Waals surface area contributed by atoms with E-state index in [1.807, 2.05) is 12.1 Å². The number of ether oxygens (including phenoxy) is 1. The number of nitrogens with zero attached hydrogens (tertiary/aromatic N) is 1. The van der Waals surface area contributed by atoms with Gasteiger partial charge in [-0.2, -0.15) is 0 Å². The second-order valence-electron chi connectivity index (χ2n) is 4.57. The van der Waals surface area contributed by atoms with Crippen molar-refractivity contribution in [2.75, 3.05) is 0 Å². The fraction of sp³-hybridized carbons (Fsp3) is 0.267. The summed E-state index contributed by atoms with van der Waals surface area (Å²) < 4.78 is 5.88. The number of hydrogen-bond donors (Lipinski definition) is 1. The number of fused-ring (bicyclic) bond motifs is 1. The van der Waals surface area contributed by atoms with Crippen LogP contribution in [-0.2, 0) is 19.4 Å². The van der Waals surface area contributed by atoms with Gasteiger partial charge in [-0.1, -0.05) is 6.07 Å². The maximum absolute atomic E-state index is 5.88. The minimum atomic E-state index is 0.461. The normalized spacial score (nSPS) is 13.4. The van der Waals surface area contributed by atoms with Gasteiger partial charge in [-0.3, -0.25) is 4.98 Å². The summed E-state index contributed by atoms with van der Waals surface area (Å²) in [5, 5.41) is 0. The first-order chi connectivity index (χ1) is 8.86. The van der Waals surface area contributed by atoms with Gasteiger partial charge in [-0.15, -0.1) is 0 Å². The van der Waals surface area contributed by atoms with E-state index >= 15 is 0 Å². The largest absolute Gasteiger partial charge is 0.455 e. The van der Waals surface area contributed by atoms with E-state index in [1.165, 1.54) is 24.0 Å². The quantitative estimate of drug-likeness (QED) is 0.897. The van der Waals surface area contributed by atoms with E-state index in [1.54, 1.807) is 12.4 Å². The van der Waals surface area contributed by atoms with Crippen LogP contribution in [0.2, 0.25) is 0 Å². The predicted molar refractivity (Wildman–Crippen MR) is 70.7 cm³/mol. The van der Waals surface area contributed by atoms with Crippen molar-refractivity contribution in [3.63, 3.8) is 0 Å². The average Bonchev–Trinajstić information content (AvgIpc) is 2.87. The molecule has 0 aliphatic heterocycles. The van der Waals surface area contributed by atoms with Crippen molar-refractivity contribution in [3.8, 4) is 11.5 Å². The van der Waals surface area contributed by atoms with Gasteiger partial charge in [0.25, 0.3) is 0 Å². The Labute approximate surface area is 107 Å². The zero-order chi connectivity index (χ0) is 12.4. The summed E-state index contributed by atoms with van der Waals surface area (Å²) in [6.07, 6.45) is 7.05. The molecule has 3 heteroatoms. The number of aryl methyl sites for hydroxylation is 2. The van der Waals surface area contributed by atoms with Gasteiger partial charge in [0.2, 0.25) is 0 Å². The van der Waals surface area contributed by atoms with E-state index < -0.39 is 0 Å². The van der Waals surface area contributed by atoms with Gasteiger partial charge in [0, 0.05) is 18.3 Å². The van der Waals surface area contributed by atoms with Crippen molar-refractivity contribution in [3.05, 3.63) is 53.3 Å². The molecule has 0 amide bonds. The monoisotopic (exact) mass is 240 g/mol. The van der Waals surface area contributed by atoms with E-state index in [-0.39, 0.29) is 0 Å². The van der Waals surface area contributed by atoms with Crippen molar-refractivity contribution < 1.29 is 4.74 Å². The molecule has 0 saturated heterocycles. The van der Waals surface area contributed by atoms with Crippen LogP contribution in [0, 0.1) is 0 Å². The zero-order valence-electron chi connectivity index (χ0n) is 10.2. The number of benzene rings is 1. The van der Waals surface area contributed by atoms with Crippen molar-refractivity contribution in [1.29, 1.82) is 0 Å². The van der Waals surface area contributed by atoms with Crippen LogP contribution in [0.4, 0.5) is 0 Å². The third-order valence-corrected chi connectivity index (χ3v) is 3.39. The van der Waals surface area contributed by atoms with Crippen LogP contribution in [0.25, 0.3) is 0 Å². The zero-order valence-corrected chi connectivity index (χ0v) is 10.2. The van der Waals surface area contributed by atoms with Crippen LogP contribution >= 0.6 is 0 Å². The Hall–Kier alpha value is -1.87. The molecule has 18 heavy (non-hydrogen) atoms. The summed E-state index contributed by atoms with van der Waals surface area (Å²) in [5.74, 6) is 1.62. The molecule has 0 saturated carbocycles. The fourth-order valence-electron chi connectivity index (χ4n) is 2.41. The number of nitrogens with two attached hydrogens (primary N) is 1. The van der Waals surface area contributed by atoms with Gasteiger partial charge in [-0.05, 0) is 48.6 Å². The predicted octanol–water partition coefficient (Wildman–Crippen LogP) is 2.82. The molecular formula is C15H16N2O. The van der Waals surface area contributed by atoms with Crippen molar-refractivity contribution in [2.45, 2.75) is 25.8 Å². The first-order valence-electron chi connectivity index (χ1n) is 6.29. The Morgan fingerprint density at radius 1 is 1.17 bits per heavy atom. The molecule has 1 aliphatic carbocycles. The molecular weight excluding hydrogens is 224 g/mol. The first kappa shape index (κ1) is 11.2. The van der Waals surface area contributed by atoms with E-state index in [9.17, 15) is 0 Å². The Morgan fingerprint density at radius 2 is 2.06 bits per heavy atom. The van der Waals surface area contributed by atoms with E-state index in [2.05, 4.69) is 17.1 Å². The summed E-state index contributed by atoms with van der Waals surface area (Å²) in [4.78, 5) is 4.08. The highest BCUT2D eigenvalue weighted by atomic mass is 16.5. The minimum Gasteiger partial charge on any atom is -0.455 e. The van der Waals surface area contributed by atoms with Crippen LogP contribution in [0.5, 0.6) is 11.5 Å². The molecule has 2 N–H and O–H groups in total. The lowest BCUT2D eigenvalue weighted by molar-refractivity contribution is 0.473. The summed E-state index contributed by atoms with van der Waals surface area (Å²) in [5.41, 5.74) is 9.52. The molecule has 1 aliphatic rings. The highest BCUT2D eigenvalue weighted by Crippen LogP contribution is 2.29. The van der Waals surface area contributed by atoms with Gasteiger partial charge in [-0.25, -0.2) is 0 Å². The van der Waals surface area contributed by atoms with Crippen molar-refractivity contribution in [2.24, 2.45) is 5.73 Å². The van der Waals surface area contributed by atoms with E-state index in [0.717, 1.165) is 23.5 Å². The van der Waals surface area contributed by atoms with Gasteiger partial charge in [0.15, 0.2) is 0 Å². The lowest BCUT2D eigenvalue weighted by atomic mass is 10.1. The fourth-order valence-corrected chi connectivity index (χ4v) is 2.41. The lowest BCUT2D eigenvalue weighted by Gasteiger charge is -2.10. The molecule has 92 valence electrons. The second kappa shape index (κ2) is 4.78. The summed E-state index contributed by atoms with van der Waals surface area (Å²) >= 11 is 0. The Bertz CT molecular complexity index is 566. The molecule has 3 rings (SSSR count). The molecule has 0 fully saturated rings. The number of rotatable bonds is 3. The third kappa shape index (κ3) is 2.09. The van der Waals surface area contributed by atoms with Gasteiger partial charge in [0.1, 0.15) is 11.5 Å². The molecule has 1 heterocycles. The van der Waals surface area contributed by atoms with Gasteiger partial charge < -0.3 is 10.5 Å². The summed E-state index contributed by atoms with van der Waals surface area (Å²) in [7, 11) is 0. The molecule has 0 spiro atoms. The van der Waals surface area contributed by atoms with Crippen LogP contribution in [0.15, 0.2) is 36.7 Å². The molecule has 1 aromatic carbocycles. The van der Waals surface area contributed by atoms with E-state index in [0.29, 0.717) is 6.54 Å². The average molecular weight is 240 g/mol. The van der Waals surface area contributed by atoms with Gasteiger partial charge >= 0.3 is 0 Å². The minimum absolute atomic E-state index is 0.461. The van der Waals surface area contributed by atoms with Crippen LogP contribution in [0.1, 0.15) is 23.1 Å². The molecule has 0 atom stereocenters. The number of hydrogen-bond acceptors (Lipinski definition) is 3. The SMILES string of the molecule is NCc1ccncc1Oc1ccc2c(c1)CCC2. The van der Waals surface area contributed by atoms with E-state index in [4.69, 9.17) is 10.5 Å². The Kier molecular flexibility index (Phi) is 2.99. The molecule has 0 bridgehead atoms. The first-order valence-corrected chi connectivity index (χ1v) is 6.29. The third-order valence-electron chi connectivity index (χ3n) is 3.39. The maximum Gasteiger partial charge on any atom is 0.150 e. The molecule has 1 aromatic heterocycles. The molecule has 2 aromatic rings. The molecule has 0 radical (unpaired) electrons. The van der Waals surface area contributed by atoms with Crippen LogP contribution in [-0.4, -0.2) is 4.98 Å². The highest BCUT2D eigenvalue weighted by molar-refractivity contribution is 5.41. The number of pyridine rings is 1. The Morgan fingerprint density at radius 3 is 2.94 bits per heavy atom. The smallest absolute Gasteiger partial charge is 0.150 e. The van der Waals surface area contributed by atoms with Crippen LogP contribution in [0.3, 0.4) is 0 Å². The maximum atomic E-state index is 5.88. The summed E-state index contributed by atoms with van der Waals surface area (Å²) in [6, 6.07) is 8.21. The van der Waals surface area contributed by atoms with Crippen LogP contribution < -0.4 is 10.5 Å². The van der Waals surface area contributed by atoms with Crippen molar-refractivity contribution in [1.82, 2.24) is 4.98 Å². The second-order valence-corrected chi connectivity index (χ2v) is 4.57. The molecule has 3 nitrogen and oxygen atoms in total.